The van der Waals surface area contributed by atoms with E-state index in [0.29, 0.717) is 22.6 Å². The standard InChI is InChI=1S/C17H15BrF3N5O/c1-8-4-5-13(12(18)6-8)23-14(27)7-11-9(2)22-16-24-15(17(19,20)21)25-26(16)10(11)3/h4-6H,7H2,1-3H3,(H,23,27). The minimum absolute atomic E-state index is 0.0534. The molecule has 142 valence electrons. The number of rotatable bonds is 3. The molecule has 1 N–H and O–H groups in total. The summed E-state index contributed by atoms with van der Waals surface area (Å²) >= 11 is 3.39. The molecule has 2 aromatic heterocycles. The van der Waals surface area contributed by atoms with Gasteiger partial charge in [0.25, 0.3) is 11.6 Å². The quantitative estimate of drug-likeness (QED) is 0.666. The van der Waals surface area contributed by atoms with Gasteiger partial charge in [0.05, 0.1) is 12.1 Å². The zero-order valence-corrected chi connectivity index (χ0v) is 16.2. The SMILES string of the molecule is Cc1ccc(NC(=O)Cc2c(C)nc3nc(C(F)(F)F)nn3c2C)c(Br)c1. The van der Waals surface area contributed by atoms with Crippen molar-refractivity contribution in [1.82, 2.24) is 19.6 Å². The van der Waals surface area contributed by atoms with Gasteiger partial charge in [-0.15, -0.1) is 5.10 Å². The molecule has 0 saturated carbocycles. The second-order valence-corrected chi connectivity index (χ2v) is 6.97. The van der Waals surface area contributed by atoms with Crippen molar-refractivity contribution < 1.29 is 18.0 Å². The molecule has 0 aliphatic carbocycles. The molecule has 0 spiro atoms. The van der Waals surface area contributed by atoms with Crippen LogP contribution in [0, 0.1) is 20.8 Å². The first-order chi connectivity index (χ1) is 12.6. The number of halogens is 4. The molecule has 10 heteroatoms. The van der Waals surface area contributed by atoms with Crippen LogP contribution in [0.5, 0.6) is 0 Å². The number of benzene rings is 1. The van der Waals surface area contributed by atoms with E-state index in [1.165, 1.54) is 0 Å². The van der Waals surface area contributed by atoms with Gasteiger partial charge in [-0.1, -0.05) is 6.07 Å². The Bertz CT molecular complexity index is 1050. The molecule has 0 saturated heterocycles. The van der Waals surface area contributed by atoms with E-state index in [-0.39, 0.29) is 18.1 Å². The van der Waals surface area contributed by atoms with Crippen LogP contribution >= 0.6 is 15.9 Å². The third kappa shape index (κ3) is 3.95. The Hall–Kier alpha value is -2.49. The third-order valence-corrected chi connectivity index (χ3v) is 4.69. The highest BCUT2D eigenvalue weighted by molar-refractivity contribution is 9.10. The average molecular weight is 442 g/mol. The molecular weight excluding hydrogens is 427 g/mol. The summed E-state index contributed by atoms with van der Waals surface area (Å²) in [7, 11) is 0. The maximum Gasteiger partial charge on any atom is 0.453 e. The Kier molecular flexibility index (Phi) is 4.94. The van der Waals surface area contributed by atoms with Crippen LogP contribution < -0.4 is 5.32 Å². The molecule has 0 bridgehead atoms. The van der Waals surface area contributed by atoms with Crippen molar-refractivity contribution in [2.75, 3.05) is 5.32 Å². The Labute approximate surface area is 160 Å². The predicted octanol–water partition coefficient (Wildman–Crippen LogP) is 4.01. The normalized spacial score (nSPS) is 11.8. The minimum atomic E-state index is -4.66. The molecular formula is C17H15BrF3N5O. The van der Waals surface area contributed by atoms with E-state index in [4.69, 9.17) is 0 Å². The molecule has 6 nitrogen and oxygen atoms in total. The van der Waals surface area contributed by atoms with E-state index in [2.05, 4.69) is 36.3 Å². The second kappa shape index (κ2) is 6.91. The van der Waals surface area contributed by atoms with Gasteiger partial charge < -0.3 is 5.32 Å². The summed E-state index contributed by atoms with van der Waals surface area (Å²) in [5.74, 6) is -1.73. The van der Waals surface area contributed by atoms with Crippen LogP contribution in [-0.2, 0) is 17.4 Å². The fourth-order valence-electron chi connectivity index (χ4n) is 2.66. The van der Waals surface area contributed by atoms with E-state index >= 15 is 0 Å². The maximum atomic E-state index is 12.8. The number of nitrogens with zero attached hydrogens (tertiary/aromatic N) is 4. The first-order valence-corrected chi connectivity index (χ1v) is 8.71. The maximum absolute atomic E-state index is 12.8. The largest absolute Gasteiger partial charge is 0.453 e. The van der Waals surface area contributed by atoms with Crippen molar-refractivity contribution in [3.05, 3.63) is 51.0 Å². The van der Waals surface area contributed by atoms with Gasteiger partial charge in [0.15, 0.2) is 0 Å². The lowest BCUT2D eigenvalue weighted by atomic mass is 10.1. The summed E-state index contributed by atoms with van der Waals surface area (Å²) in [4.78, 5) is 19.9. The van der Waals surface area contributed by atoms with Crippen molar-refractivity contribution in [2.24, 2.45) is 0 Å². The lowest BCUT2D eigenvalue weighted by molar-refractivity contribution is -0.144. The second-order valence-electron chi connectivity index (χ2n) is 6.11. The van der Waals surface area contributed by atoms with E-state index in [1.54, 1.807) is 19.9 Å². The van der Waals surface area contributed by atoms with Gasteiger partial charge in [-0.05, 0) is 54.4 Å². The fourth-order valence-corrected chi connectivity index (χ4v) is 3.25. The van der Waals surface area contributed by atoms with Gasteiger partial charge in [-0.25, -0.2) is 9.50 Å². The van der Waals surface area contributed by atoms with Crippen LogP contribution in [0.3, 0.4) is 0 Å². The number of nitrogens with one attached hydrogen (secondary N) is 1. The molecule has 0 unspecified atom stereocenters. The number of aryl methyl sites for hydroxylation is 3. The lowest BCUT2D eigenvalue weighted by Crippen LogP contribution is -2.18. The van der Waals surface area contributed by atoms with Crippen molar-refractivity contribution in [2.45, 2.75) is 33.4 Å². The zero-order valence-electron chi connectivity index (χ0n) is 14.6. The summed E-state index contributed by atoms with van der Waals surface area (Å²) in [6.07, 6.45) is -4.72. The monoisotopic (exact) mass is 441 g/mol. The molecule has 0 fully saturated rings. The first-order valence-electron chi connectivity index (χ1n) is 7.92. The van der Waals surface area contributed by atoms with E-state index in [1.807, 2.05) is 19.1 Å². The summed E-state index contributed by atoms with van der Waals surface area (Å²) in [5, 5.41) is 6.26. The number of hydrogen-bond donors (Lipinski definition) is 1. The zero-order chi connectivity index (χ0) is 19.9. The van der Waals surface area contributed by atoms with Gasteiger partial charge >= 0.3 is 6.18 Å². The number of carbonyl (C=O) groups excluding carboxylic acids is 1. The topological polar surface area (TPSA) is 72.2 Å². The van der Waals surface area contributed by atoms with E-state index in [0.717, 1.165) is 14.6 Å². The Morgan fingerprint density at radius 1 is 1.22 bits per heavy atom. The average Bonchev–Trinajstić information content (AvgIpc) is 2.98. The van der Waals surface area contributed by atoms with Crippen LogP contribution in [0.4, 0.5) is 18.9 Å². The first kappa shape index (κ1) is 19.3. The number of anilines is 1. The summed E-state index contributed by atoms with van der Waals surface area (Å²) in [5.41, 5.74) is 2.96. The lowest BCUT2D eigenvalue weighted by Gasteiger charge is -2.12. The van der Waals surface area contributed by atoms with Crippen molar-refractivity contribution in [3.63, 3.8) is 0 Å². The van der Waals surface area contributed by atoms with Crippen LogP contribution in [-0.4, -0.2) is 25.5 Å². The van der Waals surface area contributed by atoms with Crippen LogP contribution in [0.25, 0.3) is 5.78 Å². The number of carbonyl (C=O) groups is 1. The smallest absolute Gasteiger partial charge is 0.325 e. The molecule has 2 heterocycles. The van der Waals surface area contributed by atoms with Gasteiger partial charge in [-0.2, -0.15) is 18.2 Å². The molecule has 3 aromatic rings. The molecule has 0 atom stereocenters. The molecule has 3 rings (SSSR count). The predicted molar refractivity (Wildman–Crippen MR) is 96.5 cm³/mol. The molecule has 0 aliphatic rings. The molecule has 1 amide bonds. The number of aromatic nitrogens is 4. The third-order valence-electron chi connectivity index (χ3n) is 4.04. The highest BCUT2D eigenvalue weighted by Crippen LogP contribution is 2.27. The van der Waals surface area contributed by atoms with Gasteiger partial charge in [-0.3, -0.25) is 4.79 Å². The number of fused-ring (bicyclic) bond motifs is 1. The van der Waals surface area contributed by atoms with Crippen molar-refractivity contribution >= 4 is 33.3 Å². The Morgan fingerprint density at radius 2 is 1.93 bits per heavy atom. The molecule has 1 aromatic carbocycles. The molecule has 0 radical (unpaired) electrons. The minimum Gasteiger partial charge on any atom is -0.325 e. The van der Waals surface area contributed by atoms with Crippen LogP contribution in [0.1, 0.15) is 28.3 Å². The Balaban J connectivity index is 1.91. The van der Waals surface area contributed by atoms with Gasteiger partial charge in [0.1, 0.15) is 0 Å². The summed E-state index contributed by atoms with van der Waals surface area (Å²) in [6, 6.07) is 5.50. The molecule has 27 heavy (non-hydrogen) atoms. The highest BCUT2D eigenvalue weighted by atomic mass is 79.9. The molecule has 0 aliphatic heterocycles. The fraction of sp³-hybridized carbons (Fsp3) is 0.294. The van der Waals surface area contributed by atoms with E-state index < -0.39 is 12.0 Å². The highest BCUT2D eigenvalue weighted by Gasteiger charge is 2.37. The number of alkyl halides is 3. The summed E-state index contributed by atoms with van der Waals surface area (Å²) < 4.78 is 40.3. The van der Waals surface area contributed by atoms with Crippen molar-refractivity contribution in [1.29, 1.82) is 0 Å². The van der Waals surface area contributed by atoms with Crippen molar-refractivity contribution in [3.8, 4) is 0 Å². The summed E-state index contributed by atoms with van der Waals surface area (Å²) in [6.45, 7) is 5.14. The Morgan fingerprint density at radius 3 is 2.56 bits per heavy atom. The number of hydrogen-bond acceptors (Lipinski definition) is 4. The van der Waals surface area contributed by atoms with Crippen LogP contribution in [0.15, 0.2) is 22.7 Å². The van der Waals surface area contributed by atoms with Crippen LogP contribution in [0.2, 0.25) is 0 Å². The number of amides is 1. The van der Waals surface area contributed by atoms with E-state index in [9.17, 15) is 18.0 Å². The van der Waals surface area contributed by atoms with Gasteiger partial charge in [0.2, 0.25) is 5.91 Å². The van der Waals surface area contributed by atoms with Gasteiger partial charge in [0, 0.05) is 21.4 Å².